The average Bonchev–Trinajstić information content (AvgIpc) is 3.40. The van der Waals surface area contributed by atoms with E-state index in [4.69, 9.17) is 28.4 Å². The summed E-state index contributed by atoms with van der Waals surface area (Å²) < 4.78 is 34.2. The van der Waals surface area contributed by atoms with Crippen molar-refractivity contribution >= 4 is 12.4 Å². The number of aliphatic hydroxyl groups is 3. The van der Waals surface area contributed by atoms with Crippen molar-refractivity contribution in [1.29, 1.82) is 0 Å². The fourth-order valence-corrected chi connectivity index (χ4v) is 4.94. The van der Waals surface area contributed by atoms with E-state index in [1.807, 2.05) is 6.07 Å². The first-order valence-electron chi connectivity index (χ1n) is 13.0. The normalized spacial score (nSPS) is 17.2. The molecule has 4 rings (SSSR count). The predicted octanol–water partition coefficient (Wildman–Crippen LogP) is 3.32. The number of hydrogen-bond donors (Lipinski definition) is 4. The summed E-state index contributed by atoms with van der Waals surface area (Å²) in [7, 11) is 5.76. The first kappa shape index (κ1) is 30.5. The smallest absolute Gasteiger partial charge is 0.204 e. The van der Waals surface area contributed by atoms with Crippen LogP contribution in [0.4, 0.5) is 0 Å². The second-order valence-electron chi connectivity index (χ2n) is 9.43. The number of aldehydes is 1. The third kappa shape index (κ3) is 5.94. The average molecular weight is 583 g/mol. The van der Waals surface area contributed by atoms with Crippen LogP contribution < -0.4 is 28.4 Å². The van der Waals surface area contributed by atoms with Gasteiger partial charge in [-0.05, 0) is 53.6 Å². The van der Waals surface area contributed by atoms with Crippen molar-refractivity contribution in [1.82, 2.24) is 0 Å². The van der Waals surface area contributed by atoms with Crippen LogP contribution in [0.1, 0.15) is 40.4 Å². The van der Waals surface area contributed by atoms with Gasteiger partial charge in [-0.15, -0.1) is 0 Å². The Morgan fingerprint density at radius 1 is 0.905 bits per heavy atom. The Balaban J connectivity index is 1.70. The summed E-state index contributed by atoms with van der Waals surface area (Å²) in [5, 5.41) is 41.4. The fraction of sp³-hybridized carbons (Fsp3) is 0.323. The summed E-state index contributed by atoms with van der Waals surface area (Å²) in [6.45, 7) is -0.813. The second-order valence-corrected chi connectivity index (χ2v) is 9.43. The maximum Gasteiger partial charge on any atom is 0.204 e. The molecule has 3 aromatic rings. The van der Waals surface area contributed by atoms with Crippen LogP contribution in [0.3, 0.4) is 0 Å². The van der Waals surface area contributed by atoms with Gasteiger partial charge in [0.1, 0.15) is 18.5 Å². The van der Waals surface area contributed by atoms with Crippen LogP contribution in [0.5, 0.6) is 40.2 Å². The molecule has 11 heteroatoms. The van der Waals surface area contributed by atoms with E-state index in [1.54, 1.807) is 24.3 Å². The minimum absolute atomic E-state index is 0.0995. The summed E-state index contributed by atoms with van der Waals surface area (Å²) >= 11 is 0. The molecule has 0 bridgehead atoms. The summed E-state index contributed by atoms with van der Waals surface area (Å²) in [4.78, 5) is 10.8. The summed E-state index contributed by atoms with van der Waals surface area (Å²) in [5.74, 6) is 1.07. The second kappa shape index (κ2) is 13.5. The van der Waals surface area contributed by atoms with Gasteiger partial charge in [-0.25, -0.2) is 0 Å². The van der Waals surface area contributed by atoms with Gasteiger partial charge in [0.25, 0.3) is 0 Å². The molecule has 0 saturated carbocycles. The van der Waals surface area contributed by atoms with E-state index in [0.717, 1.165) is 0 Å². The Morgan fingerprint density at radius 3 is 2.14 bits per heavy atom. The Kier molecular flexibility index (Phi) is 9.79. The number of rotatable bonds is 13. The van der Waals surface area contributed by atoms with E-state index < -0.39 is 30.8 Å². The Morgan fingerprint density at radius 2 is 1.57 bits per heavy atom. The Labute approximate surface area is 243 Å². The van der Waals surface area contributed by atoms with E-state index in [9.17, 15) is 25.2 Å². The van der Waals surface area contributed by atoms with Gasteiger partial charge in [-0.2, -0.15) is 0 Å². The molecule has 3 aromatic carbocycles. The molecule has 0 saturated heterocycles. The SMILES string of the molecule is COc1cc(C(O)C(CO)Oc2c(OC)cc([C@@H]3Oc4c(OC)cc(/C=C/C=O)cc4[C@H]3CO)cc2OC)ccc1O. The zero-order chi connectivity index (χ0) is 30.4. The number of aromatic hydroxyl groups is 1. The lowest BCUT2D eigenvalue weighted by molar-refractivity contribution is -0.104. The molecule has 224 valence electrons. The number of carbonyl (C=O) groups is 1. The van der Waals surface area contributed by atoms with Crippen LogP contribution in [0, 0.1) is 0 Å². The van der Waals surface area contributed by atoms with Crippen molar-refractivity contribution in [2.45, 2.75) is 24.2 Å². The van der Waals surface area contributed by atoms with Crippen LogP contribution in [-0.4, -0.2) is 74.5 Å². The molecule has 1 heterocycles. The van der Waals surface area contributed by atoms with Gasteiger partial charge in [-0.3, -0.25) is 4.79 Å². The summed E-state index contributed by atoms with van der Waals surface area (Å²) in [6, 6.07) is 11.2. The van der Waals surface area contributed by atoms with E-state index in [1.165, 1.54) is 52.7 Å². The highest BCUT2D eigenvalue weighted by Crippen LogP contribution is 2.53. The molecule has 0 radical (unpaired) electrons. The van der Waals surface area contributed by atoms with Crippen molar-refractivity contribution in [3.8, 4) is 40.2 Å². The zero-order valence-corrected chi connectivity index (χ0v) is 23.6. The van der Waals surface area contributed by atoms with Gasteiger partial charge in [0, 0.05) is 11.1 Å². The first-order valence-corrected chi connectivity index (χ1v) is 13.0. The molecule has 0 spiro atoms. The molecular formula is C31H34O11. The molecule has 11 nitrogen and oxygen atoms in total. The standard InChI is InChI=1S/C31H34O11/c1-37-23-12-18(7-8-22(23)35)28(36)27(16-34)41-31-25(39-3)13-19(14-26(31)40-4)29-21(15-33)20-10-17(6-5-9-32)11-24(38-2)30(20)42-29/h5-14,21,27-29,33-36H,15-16H2,1-4H3/b6-5+/t21-,27?,28?,29+/m1/s1. The lowest BCUT2D eigenvalue weighted by Gasteiger charge is -2.26. The van der Waals surface area contributed by atoms with Crippen molar-refractivity contribution in [3.63, 3.8) is 0 Å². The quantitative estimate of drug-likeness (QED) is 0.173. The van der Waals surface area contributed by atoms with Crippen LogP contribution >= 0.6 is 0 Å². The number of ether oxygens (including phenoxy) is 6. The highest BCUT2D eigenvalue weighted by molar-refractivity contribution is 5.75. The minimum Gasteiger partial charge on any atom is -0.504 e. The van der Waals surface area contributed by atoms with Crippen LogP contribution in [0.25, 0.3) is 6.08 Å². The number of hydrogen-bond acceptors (Lipinski definition) is 11. The number of benzene rings is 3. The Hall–Kier alpha value is -4.45. The van der Waals surface area contributed by atoms with Crippen molar-refractivity contribution < 1.29 is 53.6 Å². The summed E-state index contributed by atoms with van der Waals surface area (Å²) in [6.07, 6.45) is 0.561. The van der Waals surface area contributed by atoms with Gasteiger partial charge in [-0.1, -0.05) is 12.1 Å². The van der Waals surface area contributed by atoms with Crippen molar-refractivity contribution in [3.05, 3.63) is 70.8 Å². The number of allylic oxidation sites excluding steroid dienone is 1. The first-order chi connectivity index (χ1) is 20.3. The van der Waals surface area contributed by atoms with Gasteiger partial charge in [0.15, 0.2) is 40.6 Å². The van der Waals surface area contributed by atoms with Gasteiger partial charge in [0.05, 0.1) is 47.6 Å². The minimum atomic E-state index is -1.31. The van der Waals surface area contributed by atoms with Gasteiger partial charge >= 0.3 is 0 Å². The molecule has 4 atom stereocenters. The van der Waals surface area contributed by atoms with Crippen molar-refractivity contribution in [2.75, 3.05) is 41.7 Å². The number of phenolic OH excluding ortho intramolecular Hbond substituents is 1. The topological polar surface area (TPSA) is 153 Å². The highest BCUT2D eigenvalue weighted by atomic mass is 16.6. The van der Waals surface area contributed by atoms with E-state index in [0.29, 0.717) is 40.0 Å². The summed E-state index contributed by atoms with van der Waals surface area (Å²) in [5.41, 5.74) is 2.36. The van der Waals surface area contributed by atoms with E-state index >= 15 is 0 Å². The largest absolute Gasteiger partial charge is 0.504 e. The lowest BCUT2D eigenvalue weighted by atomic mass is 9.90. The third-order valence-corrected chi connectivity index (χ3v) is 7.06. The number of carbonyl (C=O) groups excluding carboxylic acids is 1. The molecule has 42 heavy (non-hydrogen) atoms. The molecular weight excluding hydrogens is 548 g/mol. The lowest BCUT2D eigenvalue weighted by Crippen LogP contribution is -2.29. The molecule has 0 aromatic heterocycles. The fourth-order valence-electron chi connectivity index (χ4n) is 4.94. The molecule has 1 aliphatic heterocycles. The van der Waals surface area contributed by atoms with Gasteiger partial charge < -0.3 is 48.8 Å². The monoisotopic (exact) mass is 582 g/mol. The third-order valence-electron chi connectivity index (χ3n) is 7.06. The maximum atomic E-state index is 11.0. The molecule has 0 aliphatic carbocycles. The zero-order valence-electron chi connectivity index (χ0n) is 23.6. The van der Waals surface area contributed by atoms with Gasteiger partial charge in [0.2, 0.25) is 5.75 Å². The number of phenols is 1. The van der Waals surface area contributed by atoms with E-state index in [2.05, 4.69) is 0 Å². The number of methoxy groups -OCH3 is 4. The van der Waals surface area contributed by atoms with Crippen molar-refractivity contribution in [2.24, 2.45) is 0 Å². The predicted molar refractivity (Wildman–Crippen MR) is 152 cm³/mol. The highest BCUT2D eigenvalue weighted by Gasteiger charge is 2.39. The van der Waals surface area contributed by atoms with Crippen LogP contribution in [0.15, 0.2) is 48.5 Å². The maximum absolute atomic E-state index is 11.0. The molecule has 1 aliphatic rings. The van der Waals surface area contributed by atoms with Crippen LogP contribution in [0.2, 0.25) is 0 Å². The molecule has 2 unspecified atom stereocenters. The van der Waals surface area contributed by atoms with Crippen LogP contribution in [-0.2, 0) is 4.79 Å². The Bertz CT molecular complexity index is 1410. The molecule has 4 N–H and O–H groups in total. The van der Waals surface area contributed by atoms with E-state index in [-0.39, 0.29) is 35.4 Å². The molecule has 0 fully saturated rings. The molecule has 0 amide bonds. The number of fused-ring (bicyclic) bond motifs is 1. The number of aliphatic hydroxyl groups excluding tert-OH is 3.